The van der Waals surface area contributed by atoms with E-state index in [9.17, 15) is 21.4 Å². The molecule has 0 aromatic heterocycles. The summed E-state index contributed by atoms with van der Waals surface area (Å²) in [5.41, 5.74) is -0.918. The van der Waals surface area contributed by atoms with Gasteiger partial charge in [-0.1, -0.05) is 0 Å². The van der Waals surface area contributed by atoms with Gasteiger partial charge in [-0.15, -0.1) is 0 Å². The van der Waals surface area contributed by atoms with Gasteiger partial charge in [-0.2, -0.15) is 11.8 Å². The molecular formula is C8H9BF3KO2S2. The number of sulfone groups is 1. The van der Waals surface area contributed by atoms with E-state index in [2.05, 4.69) is 0 Å². The van der Waals surface area contributed by atoms with Gasteiger partial charge in [0.25, 0.3) is 0 Å². The van der Waals surface area contributed by atoms with E-state index < -0.39 is 22.5 Å². The first-order valence-corrected chi connectivity index (χ1v) is 7.20. The van der Waals surface area contributed by atoms with Crippen molar-refractivity contribution >= 4 is 28.6 Å². The van der Waals surface area contributed by atoms with Crippen molar-refractivity contribution in [2.75, 3.05) is 11.9 Å². The summed E-state index contributed by atoms with van der Waals surface area (Å²) in [4.78, 5) is 0.515. The van der Waals surface area contributed by atoms with E-state index in [1.165, 1.54) is 24.3 Å². The molecule has 2 nitrogen and oxygen atoms in total. The van der Waals surface area contributed by atoms with E-state index in [-0.39, 0.29) is 56.3 Å². The number of thioether (sulfide) groups is 1. The van der Waals surface area contributed by atoms with Gasteiger partial charge in [-0.25, -0.2) is 8.42 Å². The second-order valence-corrected chi connectivity index (χ2v) is 6.37. The molecule has 0 spiro atoms. The Morgan fingerprint density at radius 3 is 2.00 bits per heavy atom. The Hall–Kier alpha value is 1.01. The fourth-order valence-corrected chi connectivity index (χ4v) is 2.31. The van der Waals surface area contributed by atoms with Gasteiger partial charge in [-0.3, -0.25) is 0 Å². The molecule has 0 unspecified atom stereocenters. The summed E-state index contributed by atoms with van der Waals surface area (Å²) < 4.78 is 58.0. The predicted octanol–water partition coefficient (Wildman–Crippen LogP) is -0.427. The van der Waals surface area contributed by atoms with Crippen LogP contribution < -0.4 is 51.4 Å². The van der Waals surface area contributed by atoms with Crippen molar-refractivity contribution in [2.24, 2.45) is 0 Å². The molecule has 1 aromatic carbocycles. The molecule has 1 aromatic rings. The Labute approximate surface area is 145 Å². The van der Waals surface area contributed by atoms with E-state index in [1.54, 1.807) is 0 Å². The van der Waals surface area contributed by atoms with Crippen molar-refractivity contribution in [3.8, 4) is 0 Å². The van der Waals surface area contributed by atoms with Crippen molar-refractivity contribution in [1.29, 1.82) is 0 Å². The summed E-state index contributed by atoms with van der Waals surface area (Å²) in [6, 6.07) is 5.37. The number of halogens is 3. The summed E-state index contributed by atoms with van der Waals surface area (Å²) in [6.07, 6.45) is 1.05. The molecule has 0 atom stereocenters. The van der Waals surface area contributed by atoms with Crippen molar-refractivity contribution in [1.82, 2.24) is 0 Å². The molecule has 1 rings (SSSR count). The third kappa shape index (κ3) is 7.24. The summed E-state index contributed by atoms with van der Waals surface area (Å²) in [5.74, 6) is 0. The summed E-state index contributed by atoms with van der Waals surface area (Å²) >= 11 is 0.655. The molecule has 0 aliphatic rings. The first-order valence-electron chi connectivity index (χ1n) is 4.32. The topological polar surface area (TPSA) is 34.1 Å². The van der Waals surface area contributed by atoms with Gasteiger partial charge < -0.3 is 12.9 Å². The van der Waals surface area contributed by atoms with Crippen LogP contribution >= 0.6 is 11.8 Å². The molecule has 17 heavy (non-hydrogen) atoms. The first-order chi connectivity index (χ1) is 7.18. The normalized spacial score (nSPS) is 12.0. The number of hydrogen-bond acceptors (Lipinski definition) is 3. The number of benzene rings is 1. The smallest absolute Gasteiger partial charge is 0.448 e. The zero-order valence-corrected chi connectivity index (χ0v) is 14.1. The van der Waals surface area contributed by atoms with E-state index in [4.69, 9.17) is 0 Å². The zero-order chi connectivity index (χ0) is 12.4. The largest absolute Gasteiger partial charge is 1.00 e. The number of rotatable bonds is 4. The van der Waals surface area contributed by atoms with Crippen LogP contribution in [0.1, 0.15) is 0 Å². The SMILES string of the molecule is CS(=O)(=O)c1ccc(SC[B-](F)(F)F)cc1.[K+]. The van der Waals surface area contributed by atoms with Crippen LogP contribution in [-0.4, -0.2) is 27.3 Å². The Bertz CT molecular complexity index is 459. The van der Waals surface area contributed by atoms with E-state index in [1.807, 2.05) is 0 Å². The predicted molar refractivity (Wildman–Crippen MR) is 59.4 cm³/mol. The second-order valence-electron chi connectivity index (χ2n) is 3.26. The van der Waals surface area contributed by atoms with E-state index >= 15 is 0 Å². The standard InChI is InChI=1S/C8H9BF3O2S2.K/c1-16(13,14)8-4-2-7(3-5-8)15-6-9(10,11)12;/h2-5H,6H2,1H3;/q-1;+1. The van der Waals surface area contributed by atoms with Crippen LogP contribution in [0.25, 0.3) is 0 Å². The van der Waals surface area contributed by atoms with Crippen LogP contribution in [0.4, 0.5) is 12.9 Å². The van der Waals surface area contributed by atoms with Gasteiger partial charge in [-0.05, 0) is 29.9 Å². The maximum Gasteiger partial charge on any atom is 1.00 e. The van der Waals surface area contributed by atoms with Gasteiger partial charge in [0.1, 0.15) is 0 Å². The molecular weight excluding hydrogens is 299 g/mol. The molecule has 0 saturated carbocycles. The quantitative estimate of drug-likeness (QED) is 0.559. The Morgan fingerprint density at radius 2 is 1.65 bits per heavy atom. The van der Waals surface area contributed by atoms with Crippen LogP contribution in [0.2, 0.25) is 0 Å². The van der Waals surface area contributed by atoms with Gasteiger partial charge in [0.2, 0.25) is 0 Å². The van der Waals surface area contributed by atoms with Gasteiger partial charge >= 0.3 is 58.4 Å². The minimum atomic E-state index is -4.82. The van der Waals surface area contributed by atoms with Crippen molar-refractivity contribution < 1.29 is 72.7 Å². The van der Waals surface area contributed by atoms with Crippen molar-refractivity contribution in [2.45, 2.75) is 9.79 Å². The zero-order valence-electron chi connectivity index (χ0n) is 9.36. The molecule has 0 radical (unpaired) electrons. The molecule has 0 heterocycles. The average Bonchev–Trinajstić information content (AvgIpc) is 2.13. The summed E-state index contributed by atoms with van der Waals surface area (Å²) in [5, 5.41) is 0. The summed E-state index contributed by atoms with van der Waals surface area (Å²) in [7, 11) is -3.29. The molecule has 0 amide bonds. The van der Waals surface area contributed by atoms with E-state index in [0.29, 0.717) is 16.7 Å². The van der Waals surface area contributed by atoms with Gasteiger partial charge in [0.15, 0.2) is 9.84 Å². The maximum atomic E-state index is 12.0. The second kappa shape index (κ2) is 6.97. The van der Waals surface area contributed by atoms with Crippen molar-refractivity contribution in [3.05, 3.63) is 24.3 Å². The average molecular weight is 308 g/mol. The Kier molecular flexibility index (Phi) is 7.39. The summed E-state index contributed by atoms with van der Waals surface area (Å²) in [6.45, 7) is -4.82. The molecule has 0 aliphatic heterocycles. The third-order valence-corrected chi connectivity index (χ3v) is 3.97. The first kappa shape index (κ1) is 18.0. The minimum Gasteiger partial charge on any atom is -0.448 e. The van der Waals surface area contributed by atoms with Gasteiger partial charge in [0, 0.05) is 11.2 Å². The molecule has 9 heteroatoms. The van der Waals surface area contributed by atoms with Crippen LogP contribution in [0.5, 0.6) is 0 Å². The Morgan fingerprint density at radius 1 is 1.18 bits per heavy atom. The van der Waals surface area contributed by atoms with Crippen LogP contribution in [0, 0.1) is 0 Å². The fourth-order valence-electron chi connectivity index (χ4n) is 0.974. The molecule has 0 N–H and O–H groups in total. The van der Waals surface area contributed by atoms with Gasteiger partial charge in [0.05, 0.1) is 4.90 Å². The maximum absolute atomic E-state index is 12.0. The monoisotopic (exact) mass is 308 g/mol. The minimum absolute atomic E-state index is 0. The molecule has 0 saturated heterocycles. The van der Waals surface area contributed by atoms with Crippen LogP contribution in [-0.2, 0) is 9.84 Å². The third-order valence-electron chi connectivity index (χ3n) is 1.69. The molecule has 0 fully saturated rings. The van der Waals surface area contributed by atoms with Crippen LogP contribution in [0.3, 0.4) is 0 Å². The fraction of sp³-hybridized carbons (Fsp3) is 0.250. The Balaban J connectivity index is 0.00000256. The molecule has 90 valence electrons. The number of hydrogen-bond donors (Lipinski definition) is 0. The molecule has 0 bridgehead atoms. The van der Waals surface area contributed by atoms with Crippen molar-refractivity contribution in [3.63, 3.8) is 0 Å². The van der Waals surface area contributed by atoms with E-state index in [0.717, 1.165) is 6.26 Å². The van der Waals surface area contributed by atoms with Crippen LogP contribution in [0.15, 0.2) is 34.1 Å². The molecule has 0 aliphatic carbocycles.